The molecule has 0 aliphatic rings. The van der Waals surface area contributed by atoms with E-state index in [1.807, 2.05) is 31.2 Å². The van der Waals surface area contributed by atoms with Gasteiger partial charge in [0.25, 0.3) is 5.91 Å². The Morgan fingerprint density at radius 3 is 2.66 bits per heavy atom. The zero-order valence-corrected chi connectivity index (χ0v) is 16.9. The summed E-state index contributed by atoms with van der Waals surface area (Å²) < 4.78 is 10.9. The monoisotopic (exact) mass is 393 g/mol. The number of carbonyl (C=O) groups is 1. The van der Waals surface area contributed by atoms with E-state index in [1.54, 1.807) is 12.1 Å². The quantitative estimate of drug-likeness (QED) is 0.552. The molecule has 3 aromatic rings. The molecule has 0 fully saturated rings. The van der Waals surface area contributed by atoms with Crippen molar-refractivity contribution in [3.63, 3.8) is 0 Å². The summed E-state index contributed by atoms with van der Waals surface area (Å²) in [5.74, 6) is 0.327. The topological polar surface area (TPSA) is 68.5 Å². The molecule has 0 aliphatic carbocycles. The first kappa shape index (κ1) is 20.6. The van der Waals surface area contributed by atoms with E-state index in [0.29, 0.717) is 11.3 Å². The predicted octanol–water partition coefficient (Wildman–Crippen LogP) is 4.26. The maximum atomic E-state index is 12.2. The van der Waals surface area contributed by atoms with E-state index in [4.69, 9.17) is 9.15 Å². The van der Waals surface area contributed by atoms with E-state index in [-0.39, 0.29) is 24.2 Å². The number of nitrogens with one attached hydrogen (secondary N) is 1. The summed E-state index contributed by atoms with van der Waals surface area (Å²) in [6.07, 6.45) is 3.52. The summed E-state index contributed by atoms with van der Waals surface area (Å²) in [4.78, 5) is 24.0. The Labute approximate surface area is 170 Å². The third-order valence-electron chi connectivity index (χ3n) is 4.81. The summed E-state index contributed by atoms with van der Waals surface area (Å²) in [7, 11) is 0. The molecular formula is C24H27NO4. The van der Waals surface area contributed by atoms with E-state index in [0.717, 1.165) is 36.6 Å². The average molecular weight is 393 g/mol. The standard InChI is InChI=1S/C24H27NO4/c1-3-7-19-14-24(27)29-22-15-20(12-13-21(19)22)28-16-23(26)25-17(2)10-11-18-8-5-4-6-9-18/h4-6,8-9,12-15,17H,3,7,10-11,16H2,1-2H3,(H,25,26)/t17-/m0/s1. The molecule has 0 saturated carbocycles. The zero-order chi connectivity index (χ0) is 20.6. The van der Waals surface area contributed by atoms with Crippen LogP contribution in [0.15, 0.2) is 63.8 Å². The number of ether oxygens (including phenoxy) is 1. The molecule has 0 saturated heterocycles. The molecule has 0 aliphatic heterocycles. The number of hydrogen-bond donors (Lipinski definition) is 1. The van der Waals surface area contributed by atoms with Gasteiger partial charge in [0.1, 0.15) is 11.3 Å². The molecule has 1 atom stereocenters. The lowest BCUT2D eigenvalue weighted by molar-refractivity contribution is -0.123. The first-order valence-electron chi connectivity index (χ1n) is 10.1. The Bertz CT molecular complexity index is 1010. The molecule has 0 radical (unpaired) electrons. The molecule has 0 bridgehead atoms. The molecule has 1 aromatic heterocycles. The summed E-state index contributed by atoms with van der Waals surface area (Å²) in [5.41, 5.74) is 2.33. The van der Waals surface area contributed by atoms with Gasteiger partial charge in [-0.3, -0.25) is 4.79 Å². The molecule has 152 valence electrons. The van der Waals surface area contributed by atoms with Crippen LogP contribution in [0.25, 0.3) is 11.0 Å². The largest absolute Gasteiger partial charge is 0.484 e. The van der Waals surface area contributed by atoms with E-state index >= 15 is 0 Å². The smallest absolute Gasteiger partial charge is 0.336 e. The first-order valence-corrected chi connectivity index (χ1v) is 10.1. The normalized spacial score (nSPS) is 11.9. The van der Waals surface area contributed by atoms with Gasteiger partial charge in [-0.05, 0) is 49.4 Å². The highest BCUT2D eigenvalue weighted by Crippen LogP contribution is 2.23. The van der Waals surface area contributed by atoms with Crippen LogP contribution < -0.4 is 15.7 Å². The molecule has 1 heterocycles. The van der Waals surface area contributed by atoms with Gasteiger partial charge in [0.15, 0.2) is 6.61 Å². The molecule has 0 unspecified atom stereocenters. The SMILES string of the molecule is CCCc1cc(=O)oc2cc(OCC(=O)N[C@@H](C)CCc3ccccc3)ccc12. The Balaban J connectivity index is 1.54. The van der Waals surface area contributed by atoms with E-state index < -0.39 is 0 Å². The van der Waals surface area contributed by atoms with Gasteiger partial charge < -0.3 is 14.5 Å². The maximum absolute atomic E-state index is 12.2. The summed E-state index contributed by atoms with van der Waals surface area (Å²) in [6, 6.07) is 17.1. The third-order valence-corrected chi connectivity index (χ3v) is 4.81. The Morgan fingerprint density at radius 2 is 1.90 bits per heavy atom. The Morgan fingerprint density at radius 1 is 1.10 bits per heavy atom. The lowest BCUT2D eigenvalue weighted by atomic mass is 10.1. The minimum Gasteiger partial charge on any atom is -0.484 e. The molecule has 0 spiro atoms. The van der Waals surface area contributed by atoms with Gasteiger partial charge in [0, 0.05) is 23.6 Å². The number of benzene rings is 2. The van der Waals surface area contributed by atoms with Crippen LogP contribution in [0.5, 0.6) is 5.75 Å². The maximum Gasteiger partial charge on any atom is 0.336 e. The fourth-order valence-electron chi connectivity index (χ4n) is 3.34. The van der Waals surface area contributed by atoms with E-state index in [1.165, 1.54) is 11.6 Å². The number of carbonyl (C=O) groups excluding carboxylic acids is 1. The van der Waals surface area contributed by atoms with Crippen molar-refractivity contribution in [2.75, 3.05) is 6.61 Å². The molecule has 5 nitrogen and oxygen atoms in total. The lowest BCUT2D eigenvalue weighted by Crippen LogP contribution is -2.36. The molecular weight excluding hydrogens is 366 g/mol. The number of aryl methyl sites for hydroxylation is 2. The van der Waals surface area contributed by atoms with Crippen LogP contribution in [0.2, 0.25) is 0 Å². The highest BCUT2D eigenvalue weighted by molar-refractivity contribution is 5.82. The van der Waals surface area contributed by atoms with Crippen LogP contribution in [-0.2, 0) is 17.6 Å². The average Bonchev–Trinajstić information content (AvgIpc) is 2.71. The highest BCUT2D eigenvalue weighted by Gasteiger charge is 2.10. The summed E-state index contributed by atoms with van der Waals surface area (Å²) >= 11 is 0. The fraction of sp³-hybridized carbons (Fsp3) is 0.333. The van der Waals surface area contributed by atoms with Crippen molar-refractivity contribution in [3.05, 3.63) is 76.1 Å². The van der Waals surface area contributed by atoms with Crippen molar-refractivity contribution < 1.29 is 13.9 Å². The first-order chi connectivity index (χ1) is 14.0. The molecule has 2 aromatic carbocycles. The fourth-order valence-corrected chi connectivity index (χ4v) is 3.34. The van der Waals surface area contributed by atoms with Gasteiger partial charge in [-0.15, -0.1) is 0 Å². The summed E-state index contributed by atoms with van der Waals surface area (Å²) in [6.45, 7) is 3.97. The van der Waals surface area contributed by atoms with Gasteiger partial charge in [-0.2, -0.15) is 0 Å². The van der Waals surface area contributed by atoms with Crippen molar-refractivity contribution in [2.45, 2.75) is 45.6 Å². The van der Waals surface area contributed by atoms with Crippen LogP contribution in [0.1, 0.15) is 37.8 Å². The number of amides is 1. The number of hydrogen-bond acceptors (Lipinski definition) is 4. The number of rotatable bonds is 9. The van der Waals surface area contributed by atoms with Crippen LogP contribution in [-0.4, -0.2) is 18.6 Å². The number of fused-ring (bicyclic) bond motifs is 1. The van der Waals surface area contributed by atoms with Crippen LogP contribution in [0.3, 0.4) is 0 Å². The van der Waals surface area contributed by atoms with Crippen molar-refractivity contribution in [3.8, 4) is 5.75 Å². The van der Waals surface area contributed by atoms with E-state index in [9.17, 15) is 9.59 Å². The third kappa shape index (κ3) is 5.95. The second-order valence-electron chi connectivity index (χ2n) is 7.28. The highest BCUT2D eigenvalue weighted by atomic mass is 16.5. The van der Waals surface area contributed by atoms with Crippen LogP contribution in [0.4, 0.5) is 0 Å². The molecule has 1 N–H and O–H groups in total. The van der Waals surface area contributed by atoms with Crippen molar-refractivity contribution in [2.24, 2.45) is 0 Å². The minimum absolute atomic E-state index is 0.0533. The molecule has 5 heteroatoms. The Kier molecular flexibility index (Phi) is 7.06. The predicted molar refractivity (Wildman–Crippen MR) is 114 cm³/mol. The minimum atomic E-state index is -0.372. The Hall–Kier alpha value is -3.08. The van der Waals surface area contributed by atoms with Gasteiger partial charge in [0.05, 0.1) is 0 Å². The molecule has 3 rings (SSSR count). The van der Waals surface area contributed by atoms with Crippen LogP contribution >= 0.6 is 0 Å². The van der Waals surface area contributed by atoms with Gasteiger partial charge in [-0.1, -0.05) is 43.7 Å². The zero-order valence-electron chi connectivity index (χ0n) is 16.9. The van der Waals surface area contributed by atoms with Crippen molar-refractivity contribution in [1.29, 1.82) is 0 Å². The second kappa shape index (κ2) is 9.92. The molecule has 1 amide bonds. The van der Waals surface area contributed by atoms with Gasteiger partial charge in [0.2, 0.25) is 0 Å². The van der Waals surface area contributed by atoms with Gasteiger partial charge >= 0.3 is 5.63 Å². The molecule has 29 heavy (non-hydrogen) atoms. The van der Waals surface area contributed by atoms with Crippen molar-refractivity contribution in [1.82, 2.24) is 5.32 Å². The summed E-state index contributed by atoms with van der Waals surface area (Å²) in [5, 5.41) is 3.86. The van der Waals surface area contributed by atoms with Crippen LogP contribution in [0, 0.1) is 0 Å². The van der Waals surface area contributed by atoms with E-state index in [2.05, 4.69) is 24.4 Å². The second-order valence-corrected chi connectivity index (χ2v) is 7.28. The van der Waals surface area contributed by atoms with Crippen molar-refractivity contribution >= 4 is 16.9 Å². The lowest BCUT2D eigenvalue weighted by Gasteiger charge is -2.14. The van der Waals surface area contributed by atoms with Gasteiger partial charge in [-0.25, -0.2) is 4.79 Å².